The standard InChI is InChI=1S/C16H16ClNO2/c1-11-6-5-7-12(10-11)18-15(16(19)20-2)13-8-3-4-9-14(13)17/h3-10,15,18H,1-2H3. The average Bonchev–Trinajstić information content (AvgIpc) is 2.45. The summed E-state index contributed by atoms with van der Waals surface area (Å²) in [5, 5.41) is 3.70. The lowest BCUT2D eigenvalue weighted by molar-refractivity contribution is -0.141. The monoisotopic (exact) mass is 289 g/mol. The van der Waals surface area contributed by atoms with Crippen LogP contribution in [0.1, 0.15) is 17.2 Å². The Bertz CT molecular complexity index is 613. The van der Waals surface area contributed by atoms with Crippen LogP contribution in [0.15, 0.2) is 48.5 Å². The molecule has 0 amide bonds. The van der Waals surface area contributed by atoms with Gasteiger partial charge in [0.05, 0.1) is 7.11 Å². The van der Waals surface area contributed by atoms with E-state index in [0.29, 0.717) is 10.6 Å². The number of methoxy groups -OCH3 is 1. The van der Waals surface area contributed by atoms with E-state index in [-0.39, 0.29) is 5.97 Å². The van der Waals surface area contributed by atoms with Gasteiger partial charge in [-0.05, 0) is 30.7 Å². The molecule has 2 aromatic rings. The van der Waals surface area contributed by atoms with Crippen LogP contribution in [0.25, 0.3) is 0 Å². The first-order valence-electron chi connectivity index (χ1n) is 6.27. The van der Waals surface area contributed by atoms with Gasteiger partial charge in [0.2, 0.25) is 0 Å². The fourth-order valence-corrected chi connectivity index (χ4v) is 2.24. The molecule has 104 valence electrons. The number of anilines is 1. The van der Waals surface area contributed by atoms with Crippen molar-refractivity contribution in [1.82, 2.24) is 0 Å². The third-order valence-electron chi connectivity index (χ3n) is 2.98. The zero-order valence-electron chi connectivity index (χ0n) is 11.4. The lowest BCUT2D eigenvalue weighted by atomic mass is 10.1. The number of halogens is 1. The van der Waals surface area contributed by atoms with E-state index in [0.717, 1.165) is 11.3 Å². The summed E-state index contributed by atoms with van der Waals surface area (Å²) in [5.41, 5.74) is 2.65. The summed E-state index contributed by atoms with van der Waals surface area (Å²) >= 11 is 6.17. The number of hydrogen-bond acceptors (Lipinski definition) is 3. The normalized spacial score (nSPS) is 11.8. The Balaban J connectivity index is 2.34. The van der Waals surface area contributed by atoms with Crippen LogP contribution in [-0.2, 0) is 9.53 Å². The Morgan fingerprint density at radius 2 is 1.95 bits per heavy atom. The maximum absolute atomic E-state index is 12.0. The van der Waals surface area contributed by atoms with Gasteiger partial charge in [-0.25, -0.2) is 4.79 Å². The van der Waals surface area contributed by atoms with Crippen LogP contribution in [-0.4, -0.2) is 13.1 Å². The first-order chi connectivity index (χ1) is 9.61. The van der Waals surface area contributed by atoms with Gasteiger partial charge in [0, 0.05) is 16.3 Å². The number of rotatable bonds is 4. The second-order valence-corrected chi connectivity index (χ2v) is 4.90. The number of aryl methyl sites for hydroxylation is 1. The predicted octanol–water partition coefficient (Wildman–Crippen LogP) is 3.97. The highest BCUT2D eigenvalue weighted by Crippen LogP contribution is 2.27. The van der Waals surface area contributed by atoms with Crippen molar-refractivity contribution in [3.05, 3.63) is 64.7 Å². The van der Waals surface area contributed by atoms with Crippen LogP contribution in [0.5, 0.6) is 0 Å². The maximum atomic E-state index is 12.0. The van der Waals surface area contributed by atoms with Crippen molar-refractivity contribution >= 4 is 23.3 Å². The van der Waals surface area contributed by atoms with Crippen molar-refractivity contribution < 1.29 is 9.53 Å². The lowest BCUT2D eigenvalue weighted by Crippen LogP contribution is -2.22. The molecule has 1 N–H and O–H groups in total. The van der Waals surface area contributed by atoms with Crippen LogP contribution in [0, 0.1) is 6.92 Å². The Morgan fingerprint density at radius 1 is 1.20 bits per heavy atom. The zero-order chi connectivity index (χ0) is 14.5. The molecule has 2 rings (SSSR count). The van der Waals surface area contributed by atoms with Crippen molar-refractivity contribution in [3.63, 3.8) is 0 Å². The van der Waals surface area contributed by atoms with Gasteiger partial charge in [-0.3, -0.25) is 0 Å². The zero-order valence-corrected chi connectivity index (χ0v) is 12.1. The summed E-state index contributed by atoms with van der Waals surface area (Å²) in [4.78, 5) is 12.0. The molecule has 20 heavy (non-hydrogen) atoms. The highest BCUT2D eigenvalue weighted by atomic mass is 35.5. The SMILES string of the molecule is COC(=O)C(Nc1cccc(C)c1)c1ccccc1Cl. The topological polar surface area (TPSA) is 38.3 Å². The third kappa shape index (κ3) is 3.31. The molecule has 0 heterocycles. The van der Waals surface area contributed by atoms with Crippen LogP contribution in [0.2, 0.25) is 5.02 Å². The number of nitrogens with one attached hydrogen (secondary N) is 1. The molecule has 0 aliphatic carbocycles. The minimum Gasteiger partial charge on any atom is -0.467 e. The van der Waals surface area contributed by atoms with E-state index < -0.39 is 6.04 Å². The van der Waals surface area contributed by atoms with E-state index in [1.165, 1.54) is 7.11 Å². The summed E-state index contributed by atoms with van der Waals surface area (Å²) in [5.74, 6) is -0.375. The molecular formula is C16H16ClNO2. The highest BCUT2D eigenvalue weighted by molar-refractivity contribution is 6.31. The van der Waals surface area contributed by atoms with Gasteiger partial charge in [-0.15, -0.1) is 0 Å². The highest BCUT2D eigenvalue weighted by Gasteiger charge is 2.23. The van der Waals surface area contributed by atoms with E-state index in [4.69, 9.17) is 16.3 Å². The maximum Gasteiger partial charge on any atom is 0.333 e. The summed E-state index contributed by atoms with van der Waals surface area (Å²) in [6, 6.07) is 14.4. The van der Waals surface area contributed by atoms with Crippen molar-refractivity contribution in [3.8, 4) is 0 Å². The fraction of sp³-hybridized carbons (Fsp3) is 0.188. The Labute approximate surface area is 123 Å². The molecule has 1 atom stereocenters. The van der Waals surface area contributed by atoms with Crippen LogP contribution < -0.4 is 5.32 Å². The first-order valence-corrected chi connectivity index (χ1v) is 6.65. The van der Waals surface area contributed by atoms with E-state index in [2.05, 4.69) is 5.32 Å². The van der Waals surface area contributed by atoms with E-state index in [1.807, 2.05) is 49.4 Å². The second kappa shape index (κ2) is 6.44. The molecule has 0 saturated carbocycles. The Kier molecular flexibility index (Phi) is 4.64. The third-order valence-corrected chi connectivity index (χ3v) is 3.33. The summed E-state index contributed by atoms with van der Waals surface area (Å²) in [6.07, 6.45) is 0. The molecule has 0 fully saturated rings. The molecule has 2 aromatic carbocycles. The molecule has 0 aliphatic heterocycles. The van der Waals surface area contributed by atoms with Crippen LogP contribution in [0.4, 0.5) is 5.69 Å². The second-order valence-electron chi connectivity index (χ2n) is 4.49. The Hall–Kier alpha value is -2.00. The molecule has 3 nitrogen and oxygen atoms in total. The van der Waals surface area contributed by atoms with Gasteiger partial charge >= 0.3 is 5.97 Å². The first kappa shape index (κ1) is 14.4. The van der Waals surface area contributed by atoms with Gasteiger partial charge in [0.15, 0.2) is 6.04 Å². The number of carbonyl (C=O) groups is 1. The van der Waals surface area contributed by atoms with E-state index >= 15 is 0 Å². The number of ether oxygens (including phenoxy) is 1. The number of benzene rings is 2. The van der Waals surface area contributed by atoms with Gasteiger partial charge in [-0.2, -0.15) is 0 Å². The minimum absolute atomic E-state index is 0.375. The molecule has 0 aromatic heterocycles. The minimum atomic E-state index is -0.629. The summed E-state index contributed by atoms with van der Waals surface area (Å²) in [7, 11) is 1.37. The van der Waals surface area contributed by atoms with Crippen molar-refractivity contribution in [1.29, 1.82) is 0 Å². The molecule has 0 aliphatic rings. The van der Waals surface area contributed by atoms with Gasteiger partial charge < -0.3 is 10.1 Å². The van der Waals surface area contributed by atoms with Crippen molar-refractivity contribution in [2.75, 3.05) is 12.4 Å². The number of carbonyl (C=O) groups excluding carboxylic acids is 1. The number of esters is 1. The van der Waals surface area contributed by atoms with Gasteiger partial charge in [0.1, 0.15) is 0 Å². The van der Waals surface area contributed by atoms with Crippen molar-refractivity contribution in [2.45, 2.75) is 13.0 Å². The molecular weight excluding hydrogens is 274 g/mol. The number of hydrogen-bond donors (Lipinski definition) is 1. The summed E-state index contributed by atoms with van der Waals surface area (Å²) < 4.78 is 4.86. The molecule has 0 bridgehead atoms. The van der Waals surface area contributed by atoms with Crippen LogP contribution >= 0.6 is 11.6 Å². The Morgan fingerprint density at radius 3 is 2.60 bits per heavy atom. The smallest absolute Gasteiger partial charge is 0.333 e. The van der Waals surface area contributed by atoms with E-state index in [1.54, 1.807) is 6.07 Å². The summed E-state index contributed by atoms with van der Waals surface area (Å²) in [6.45, 7) is 1.99. The molecule has 0 spiro atoms. The average molecular weight is 290 g/mol. The molecule has 0 saturated heterocycles. The quantitative estimate of drug-likeness (QED) is 0.866. The van der Waals surface area contributed by atoms with Gasteiger partial charge in [-0.1, -0.05) is 41.9 Å². The van der Waals surface area contributed by atoms with Crippen molar-refractivity contribution in [2.24, 2.45) is 0 Å². The van der Waals surface area contributed by atoms with Gasteiger partial charge in [0.25, 0.3) is 0 Å². The largest absolute Gasteiger partial charge is 0.467 e. The van der Waals surface area contributed by atoms with E-state index in [9.17, 15) is 4.79 Å². The molecule has 4 heteroatoms. The fourth-order valence-electron chi connectivity index (χ4n) is 1.99. The lowest BCUT2D eigenvalue weighted by Gasteiger charge is -2.19. The van der Waals surface area contributed by atoms with Crippen LogP contribution in [0.3, 0.4) is 0 Å². The molecule has 1 unspecified atom stereocenters. The predicted molar refractivity (Wildman–Crippen MR) is 81.0 cm³/mol. The molecule has 0 radical (unpaired) electrons.